The van der Waals surface area contributed by atoms with E-state index in [4.69, 9.17) is 4.74 Å². The molecular formula is C16H22BrN3O. The van der Waals surface area contributed by atoms with Gasteiger partial charge in [-0.3, -0.25) is 4.68 Å². The molecule has 0 amide bonds. The van der Waals surface area contributed by atoms with Crippen molar-refractivity contribution in [2.75, 3.05) is 13.7 Å². The molecule has 1 aromatic heterocycles. The minimum absolute atomic E-state index is 0.131. The van der Waals surface area contributed by atoms with Gasteiger partial charge in [0.2, 0.25) is 0 Å². The van der Waals surface area contributed by atoms with E-state index in [-0.39, 0.29) is 6.04 Å². The van der Waals surface area contributed by atoms with Crippen molar-refractivity contribution in [3.63, 3.8) is 0 Å². The van der Waals surface area contributed by atoms with Gasteiger partial charge < -0.3 is 10.1 Å². The van der Waals surface area contributed by atoms with E-state index >= 15 is 0 Å². The fourth-order valence-corrected chi connectivity index (χ4v) is 3.00. The van der Waals surface area contributed by atoms with Gasteiger partial charge in [-0.15, -0.1) is 0 Å². The van der Waals surface area contributed by atoms with E-state index in [0.29, 0.717) is 0 Å². The zero-order valence-electron chi connectivity index (χ0n) is 12.8. The molecule has 2 rings (SSSR count). The van der Waals surface area contributed by atoms with E-state index in [1.807, 2.05) is 12.3 Å². The lowest BCUT2D eigenvalue weighted by Gasteiger charge is -2.20. The first-order valence-corrected chi connectivity index (χ1v) is 8.09. The summed E-state index contributed by atoms with van der Waals surface area (Å²) in [6.45, 7) is 6.11. The van der Waals surface area contributed by atoms with E-state index in [1.54, 1.807) is 7.11 Å². The molecule has 0 aliphatic heterocycles. The number of aryl methyl sites for hydroxylation is 1. The highest BCUT2D eigenvalue weighted by atomic mass is 79.9. The summed E-state index contributed by atoms with van der Waals surface area (Å²) in [5.41, 5.74) is 2.39. The monoisotopic (exact) mass is 351 g/mol. The molecule has 0 spiro atoms. The third-order valence-electron chi connectivity index (χ3n) is 3.40. The Morgan fingerprint density at radius 3 is 2.76 bits per heavy atom. The second-order valence-corrected chi connectivity index (χ2v) is 5.72. The van der Waals surface area contributed by atoms with Crippen molar-refractivity contribution in [1.29, 1.82) is 0 Å². The Morgan fingerprint density at radius 1 is 1.33 bits per heavy atom. The average Bonchev–Trinajstić information content (AvgIpc) is 2.93. The SMILES string of the molecule is CCCn1nccc1C(NCC)c1ccc(OC)c(Br)c1. The normalized spacial score (nSPS) is 12.4. The zero-order chi connectivity index (χ0) is 15.2. The molecule has 1 heterocycles. The van der Waals surface area contributed by atoms with Crippen LogP contribution in [-0.2, 0) is 6.54 Å². The van der Waals surface area contributed by atoms with Crippen LogP contribution in [0, 0.1) is 0 Å². The van der Waals surface area contributed by atoms with Crippen LogP contribution in [0.1, 0.15) is 37.6 Å². The molecule has 0 aliphatic carbocycles. The maximum absolute atomic E-state index is 5.31. The fourth-order valence-electron chi connectivity index (χ4n) is 2.45. The Labute approximate surface area is 134 Å². The summed E-state index contributed by atoms with van der Waals surface area (Å²) in [6.07, 6.45) is 2.94. The number of hydrogen-bond acceptors (Lipinski definition) is 3. The van der Waals surface area contributed by atoms with Crippen molar-refractivity contribution in [1.82, 2.24) is 15.1 Å². The summed E-state index contributed by atoms with van der Waals surface area (Å²) in [6, 6.07) is 8.41. The first-order valence-electron chi connectivity index (χ1n) is 7.29. The number of benzene rings is 1. The molecule has 1 N–H and O–H groups in total. The number of nitrogens with one attached hydrogen (secondary N) is 1. The van der Waals surface area contributed by atoms with Crippen LogP contribution in [0.25, 0.3) is 0 Å². The summed E-state index contributed by atoms with van der Waals surface area (Å²) in [5.74, 6) is 0.844. The molecule has 0 saturated heterocycles. The maximum atomic E-state index is 5.31. The molecule has 0 bridgehead atoms. The molecule has 0 saturated carbocycles. The van der Waals surface area contributed by atoms with Gasteiger partial charge in [-0.2, -0.15) is 5.10 Å². The number of halogens is 1. The van der Waals surface area contributed by atoms with Crippen LogP contribution in [-0.4, -0.2) is 23.4 Å². The molecule has 4 nitrogen and oxygen atoms in total. The summed E-state index contributed by atoms with van der Waals surface area (Å²) in [4.78, 5) is 0. The Hall–Kier alpha value is -1.33. The average molecular weight is 352 g/mol. The Bertz CT molecular complexity index is 583. The zero-order valence-corrected chi connectivity index (χ0v) is 14.4. The van der Waals surface area contributed by atoms with Gasteiger partial charge in [-0.25, -0.2) is 0 Å². The van der Waals surface area contributed by atoms with Crippen molar-refractivity contribution in [3.8, 4) is 5.75 Å². The molecule has 5 heteroatoms. The van der Waals surface area contributed by atoms with Gasteiger partial charge in [0.1, 0.15) is 5.75 Å². The highest BCUT2D eigenvalue weighted by Crippen LogP contribution is 2.30. The van der Waals surface area contributed by atoms with Crippen molar-refractivity contribution in [2.45, 2.75) is 32.9 Å². The molecule has 1 aromatic carbocycles. The van der Waals surface area contributed by atoms with Crippen molar-refractivity contribution < 1.29 is 4.74 Å². The number of hydrogen-bond donors (Lipinski definition) is 1. The maximum Gasteiger partial charge on any atom is 0.133 e. The highest BCUT2D eigenvalue weighted by molar-refractivity contribution is 9.10. The lowest BCUT2D eigenvalue weighted by Crippen LogP contribution is -2.25. The van der Waals surface area contributed by atoms with Crippen LogP contribution >= 0.6 is 15.9 Å². The summed E-state index contributed by atoms with van der Waals surface area (Å²) < 4.78 is 8.35. The summed E-state index contributed by atoms with van der Waals surface area (Å²) in [5, 5.41) is 7.97. The van der Waals surface area contributed by atoms with Crippen LogP contribution in [0.4, 0.5) is 0 Å². The fraction of sp³-hybridized carbons (Fsp3) is 0.438. The molecule has 0 fully saturated rings. The molecule has 0 radical (unpaired) electrons. The Morgan fingerprint density at radius 2 is 2.14 bits per heavy atom. The Kier molecular flexibility index (Phi) is 5.82. The van der Waals surface area contributed by atoms with Gasteiger partial charge in [0.05, 0.1) is 23.3 Å². The molecule has 0 aliphatic rings. The standard InChI is InChI=1S/C16H22BrN3O/c1-4-10-20-14(8-9-19-20)16(18-5-2)12-6-7-15(21-3)13(17)11-12/h6-9,11,16,18H,4-5,10H2,1-3H3. The number of ether oxygens (including phenoxy) is 1. The third kappa shape index (κ3) is 3.66. The van der Waals surface area contributed by atoms with E-state index in [1.165, 1.54) is 11.3 Å². The van der Waals surface area contributed by atoms with E-state index < -0.39 is 0 Å². The molecule has 1 unspecified atom stereocenters. The topological polar surface area (TPSA) is 39.1 Å². The lowest BCUT2D eigenvalue weighted by atomic mass is 10.0. The second kappa shape index (κ2) is 7.61. The summed E-state index contributed by atoms with van der Waals surface area (Å²) >= 11 is 3.56. The van der Waals surface area contributed by atoms with Crippen molar-refractivity contribution >= 4 is 15.9 Å². The van der Waals surface area contributed by atoms with Crippen molar-refractivity contribution in [3.05, 3.63) is 46.2 Å². The smallest absolute Gasteiger partial charge is 0.133 e. The van der Waals surface area contributed by atoms with Crippen molar-refractivity contribution in [2.24, 2.45) is 0 Å². The summed E-state index contributed by atoms with van der Waals surface area (Å²) in [7, 11) is 1.68. The van der Waals surface area contributed by atoms with Gasteiger partial charge >= 0.3 is 0 Å². The van der Waals surface area contributed by atoms with Gasteiger partial charge in [0.25, 0.3) is 0 Å². The third-order valence-corrected chi connectivity index (χ3v) is 4.02. The number of methoxy groups -OCH3 is 1. The molecule has 2 aromatic rings. The van der Waals surface area contributed by atoms with Crippen LogP contribution < -0.4 is 10.1 Å². The first kappa shape index (κ1) is 16.0. The number of aromatic nitrogens is 2. The Balaban J connectivity index is 2.38. The minimum atomic E-state index is 0.131. The minimum Gasteiger partial charge on any atom is -0.496 e. The van der Waals surface area contributed by atoms with E-state index in [2.05, 4.69) is 63.1 Å². The van der Waals surface area contributed by atoms with Gasteiger partial charge in [0.15, 0.2) is 0 Å². The molecule has 114 valence electrons. The van der Waals surface area contributed by atoms with Gasteiger partial charge in [-0.1, -0.05) is 19.9 Å². The predicted molar refractivity (Wildman–Crippen MR) is 88.7 cm³/mol. The number of nitrogens with zero attached hydrogens (tertiary/aromatic N) is 2. The van der Waals surface area contributed by atoms with Gasteiger partial charge in [0, 0.05) is 12.7 Å². The van der Waals surface area contributed by atoms with Crippen LogP contribution in [0.15, 0.2) is 34.9 Å². The highest BCUT2D eigenvalue weighted by Gasteiger charge is 2.18. The number of rotatable bonds is 7. The van der Waals surface area contributed by atoms with Crippen LogP contribution in [0.5, 0.6) is 5.75 Å². The molecule has 21 heavy (non-hydrogen) atoms. The van der Waals surface area contributed by atoms with E-state index in [9.17, 15) is 0 Å². The first-order chi connectivity index (χ1) is 10.2. The lowest BCUT2D eigenvalue weighted by molar-refractivity contribution is 0.411. The van der Waals surface area contributed by atoms with Crippen LogP contribution in [0.3, 0.4) is 0 Å². The quantitative estimate of drug-likeness (QED) is 0.825. The molecular weight excluding hydrogens is 330 g/mol. The van der Waals surface area contributed by atoms with E-state index in [0.717, 1.165) is 29.7 Å². The second-order valence-electron chi connectivity index (χ2n) is 4.86. The molecule has 1 atom stereocenters. The van der Waals surface area contributed by atoms with Gasteiger partial charge in [-0.05, 0) is 52.7 Å². The predicted octanol–water partition coefficient (Wildman–Crippen LogP) is 3.76. The largest absolute Gasteiger partial charge is 0.496 e. The van der Waals surface area contributed by atoms with Crippen LogP contribution in [0.2, 0.25) is 0 Å².